The summed E-state index contributed by atoms with van der Waals surface area (Å²) in [5.41, 5.74) is 2.59. The van der Waals surface area contributed by atoms with Crippen molar-refractivity contribution < 1.29 is 4.79 Å². The monoisotopic (exact) mass is 198 g/mol. The van der Waals surface area contributed by atoms with Crippen molar-refractivity contribution in [1.29, 1.82) is 0 Å². The molecule has 0 aliphatic heterocycles. The Labute approximate surface area is 86.4 Å². The molecule has 0 saturated heterocycles. The van der Waals surface area contributed by atoms with Crippen LogP contribution in [0, 0.1) is 17.3 Å². The number of hydrogen-bond acceptors (Lipinski definition) is 2. The van der Waals surface area contributed by atoms with Gasteiger partial charge in [0.25, 0.3) is 0 Å². The van der Waals surface area contributed by atoms with Crippen molar-refractivity contribution in [1.82, 2.24) is 5.43 Å². The molecule has 3 heteroatoms. The standard InChI is InChI=1S/C11H22N2O/c1-8(2)11(3)6-4-5-9(7-11)10(14)13-12/h8-9H,4-7,12H2,1-3H3,(H,13,14)/t9-,11-/m1/s1. The van der Waals surface area contributed by atoms with E-state index in [1.165, 1.54) is 6.42 Å². The first-order chi connectivity index (χ1) is 6.49. The molecule has 0 bridgehead atoms. The van der Waals surface area contributed by atoms with E-state index in [1.54, 1.807) is 0 Å². The third kappa shape index (κ3) is 2.27. The summed E-state index contributed by atoms with van der Waals surface area (Å²) in [6.45, 7) is 6.76. The molecule has 0 unspecified atom stereocenters. The molecule has 1 aliphatic rings. The SMILES string of the molecule is CC(C)[C@]1(C)CCC[C@@H](C(=O)NN)C1. The van der Waals surface area contributed by atoms with Gasteiger partial charge >= 0.3 is 0 Å². The van der Waals surface area contributed by atoms with E-state index in [2.05, 4.69) is 26.2 Å². The molecule has 0 aromatic rings. The lowest BCUT2D eigenvalue weighted by atomic mass is 9.65. The van der Waals surface area contributed by atoms with Gasteiger partial charge in [0, 0.05) is 5.92 Å². The van der Waals surface area contributed by atoms with Crippen LogP contribution in [0.15, 0.2) is 0 Å². The number of nitrogens with two attached hydrogens (primary N) is 1. The zero-order valence-electron chi connectivity index (χ0n) is 9.47. The van der Waals surface area contributed by atoms with Gasteiger partial charge in [0.2, 0.25) is 5.91 Å². The number of amides is 1. The fourth-order valence-electron chi connectivity index (χ4n) is 2.39. The van der Waals surface area contributed by atoms with Gasteiger partial charge in [-0.2, -0.15) is 0 Å². The molecule has 0 aromatic carbocycles. The van der Waals surface area contributed by atoms with Crippen LogP contribution in [0.1, 0.15) is 46.5 Å². The molecule has 82 valence electrons. The smallest absolute Gasteiger partial charge is 0.237 e. The minimum Gasteiger partial charge on any atom is -0.294 e. The van der Waals surface area contributed by atoms with Crippen molar-refractivity contribution in [3.8, 4) is 0 Å². The van der Waals surface area contributed by atoms with Crippen LogP contribution in [0.25, 0.3) is 0 Å². The van der Waals surface area contributed by atoms with Crippen LogP contribution >= 0.6 is 0 Å². The summed E-state index contributed by atoms with van der Waals surface area (Å²) in [4.78, 5) is 11.4. The molecule has 2 atom stereocenters. The Hall–Kier alpha value is -0.570. The molecule has 1 aliphatic carbocycles. The van der Waals surface area contributed by atoms with Crippen LogP contribution in [0.5, 0.6) is 0 Å². The van der Waals surface area contributed by atoms with Gasteiger partial charge in [-0.25, -0.2) is 5.84 Å². The van der Waals surface area contributed by atoms with Gasteiger partial charge in [-0.05, 0) is 30.6 Å². The molecular formula is C11H22N2O. The lowest BCUT2D eigenvalue weighted by molar-refractivity contribution is -0.127. The van der Waals surface area contributed by atoms with Crippen molar-refractivity contribution in [2.45, 2.75) is 46.5 Å². The molecular weight excluding hydrogens is 176 g/mol. The average Bonchev–Trinajstić information content (AvgIpc) is 2.16. The Kier molecular flexibility index (Phi) is 3.53. The van der Waals surface area contributed by atoms with E-state index in [4.69, 9.17) is 5.84 Å². The lowest BCUT2D eigenvalue weighted by Gasteiger charge is -2.40. The van der Waals surface area contributed by atoms with Crippen LogP contribution < -0.4 is 11.3 Å². The van der Waals surface area contributed by atoms with Crippen molar-refractivity contribution in [2.24, 2.45) is 23.1 Å². The summed E-state index contributed by atoms with van der Waals surface area (Å²) in [6.07, 6.45) is 4.35. The maximum atomic E-state index is 11.4. The molecule has 0 aromatic heterocycles. The lowest BCUT2D eigenvalue weighted by Crippen LogP contribution is -2.41. The Balaban J connectivity index is 2.64. The van der Waals surface area contributed by atoms with Crippen LogP contribution in [-0.4, -0.2) is 5.91 Å². The highest BCUT2D eigenvalue weighted by Gasteiger charge is 2.37. The van der Waals surface area contributed by atoms with E-state index in [-0.39, 0.29) is 11.8 Å². The minimum atomic E-state index is 0.0107. The Morgan fingerprint density at radius 1 is 1.57 bits per heavy atom. The molecule has 1 rings (SSSR count). The minimum absolute atomic E-state index is 0.0107. The highest BCUT2D eigenvalue weighted by Crippen LogP contribution is 2.44. The van der Waals surface area contributed by atoms with Gasteiger partial charge in [-0.1, -0.05) is 27.2 Å². The van der Waals surface area contributed by atoms with Gasteiger partial charge in [-0.15, -0.1) is 0 Å². The van der Waals surface area contributed by atoms with E-state index in [1.807, 2.05) is 0 Å². The van der Waals surface area contributed by atoms with Crippen LogP contribution in [-0.2, 0) is 4.79 Å². The van der Waals surface area contributed by atoms with E-state index in [9.17, 15) is 4.79 Å². The van der Waals surface area contributed by atoms with Gasteiger partial charge in [-0.3, -0.25) is 10.2 Å². The number of rotatable bonds is 2. The van der Waals surface area contributed by atoms with E-state index < -0.39 is 0 Å². The van der Waals surface area contributed by atoms with Crippen LogP contribution in [0.3, 0.4) is 0 Å². The van der Waals surface area contributed by atoms with Gasteiger partial charge in [0.15, 0.2) is 0 Å². The molecule has 1 fully saturated rings. The molecule has 3 nitrogen and oxygen atoms in total. The van der Waals surface area contributed by atoms with E-state index >= 15 is 0 Å². The summed E-state index contributed by atoms with van der Waals surface area (Å²) in [5, 5.41) is 0. The number of nitrogens with one attached hydrogen (secondary N) is 1. The molecule has 14 heavy (non-hydrogen) atoms. The second-order valence-corrected chi connectivity index (χ2v) is 5.11. The number of hydrogen-bond donors (Lipinski definition) is 2. The molecule has 1 saturated carbocycles. The predicted octanol–water partition coefficient (Wildman–Crippen LogP) is 1.83. The highest BCUT2D eigenvalue weighted by atomic mass is 16.2. The van der Waals surface area contributed by atoms with E-state index in [0.717, 1.165) is 19.3 Å². The van der Waals surface area contributed by atoms with Crippen molar-refractivity contribution in [3.63, 3.8) is 0 Å². The average molecular weight is 198 g/mol. The largest absolute Gasteiger partial charge is 0.294 e. The Bertz CT molecular complexity index is 215. The maximum Gasteiger partial charge on any atom is 0.237 e. The Morgan fingerprint density at radius 2 is 2.21 bits per heavy atom. The van der Waals surface area contributed by atoms with Gasteiger partial charge < -0.3 is 0 Å². The second kappa shape index (κ2) is 4.30. The molecule has 3 N–H and O–H groups in total. The summed E-state index contributed by atoms with van der Waals surface area (Å²) >= 11 is 0. The fraction of sp³-hybridized carbons (Fsp3) is 0.909. The normalized spacial score (nSPS) is 33.1. The summed E-state index contributed by atoms with van der Waals surface area (Å²) < 4.78 is 0. The van der Waals surface area contributed by atoms with Gasteiger partial charge in [0.05, 0.1) is 0 Å². The first-order valence-corrected chi connectivity index (χ1v) is 5.50. The summed E-state index contributed by atoms with van der Waals surface area (Å²) in [6, 6.07) is 0. The van der Waals surface area contributed by atoms with Crippen molar-refractivity contribution in [2.75, 3.05) is 0 Å². The van der Waals surface area contributed by atoms with Crippen LogP contribution in [0.2, 0.25) is 0 Å². The second-order valence-electron chi connectivity index (χ2n) is 5.11. The van der Waals surface area contributed by atoms with Crippen molar-refractivity contribution >= 4 is 5.91 Å². The summed E-state index contributed by atoms with van der Waals surface area (Å²) in [7, 11) is 0. The molecule has 0 spiro atoms. The third-order valence-corrected chi connectivity index (χ3v) is 3.92. The topological polar surface area (TPSA) is 55.1 Å². The third-order valence-electron chi connectivity index (χ3n) is 3.92. The number of hydrazine groups is 1. The Morgan fingerprint density at radius 3 is 2.71 bits per heavy atom. The predicted molar refractivity (Wildman–Crippen MR) is 57.2 cm³/mol. The molecule has 0 heterocycles. The summed E-state index contributed by atoms with van der Waals surface area (Å²) in [5.74, 6) is 5.94. The van der Waals surface area contributed by atoms with Crippen molar-refractivity contribution in [3.05, 3.63) is 0 Å². The number of carbonyl (C=O) groups is 1. The number of carbonyl (C=O) groups excluding carboxylic acids is 1. The molecule has 1 amide bonds. The van der Waals surface area contributed by atoms with E-state index in [0.29, 0.717) is 11.3 Å². The molecule has 0 radical (unpaired) electrons. The maximum absolute atomic E-state index is 11.4. The first-order valence-electron chi connectivity index (χ1n) is 5.50. The van der Waals surface area contributed by atoms with Gasteiger partial charge in [0.1, 0.15) is 0 Å². The zero-order valence-corrected chi connectivity index (χ0v) is 9.47. The first kappa shape index (κ1) is 11.5. The fourth-order valence-corrected chi connectivity index (χ4v) is 2.39. The zero-order chi connectivity index (χ0) is 10.8. The highest BCUT2D eigenvalue weighted by molar-refractivity contribution is 5.78. The van der Waals surface area contributed by atoms with Crippen LogP contribution in [0.4, 0.5) is 0 Å². The quantitative estimate of drug-likeness (QED) is 0.404.